The van der Waals surface area contributed by atoms with Crippen LogP contribution in [0, 0.1) is 0 Å². The standard InChI is InChI=1S/C21H19NO4S/c1-15(23)16-7-9-19(10-8-16)25-12-11-20(24)26-13-18-14-27-21(22-18)17-5-3-2-4-6-17/h2-10,14H,11-13H2,1H3. The molecule has 0 atom stereocenters. The highest BCUT2D eigenvalue weighted by Gasteiger charge is 2.08. The number of nitrogens with zero attached hydrogens (tertiary/aromatic N) is 1. The maximum atomic E-state index is 11.9. The first-order valence-electron chi connectivity index (χ1n) is 8.51. The Kier molecular flexibility index (Phi) is 6.33. The number of carbonyl (C=O) groups is 2. The molecule has 6 heteroatoms. The Hall–Kier alpha value is -2.99. The van der Waals surface area contributed by atoms with Gasteiger partial charge in [-0.2, -0.15) is 0 Å². The first kappa shape index (κ1) is 18.8. The molecule has 0 saturated heterocycles. The molecule has 0 aliphatic rings. The number of thiazole rings is 1. The van der Waals surface area contributed by atoms with Crippen LogP contribution in [0.3, 0.4) is 0 Å². The van der Waals surface area contributed by atoms with E-state index in [0.29, 0.717) is 11.3 Å². The van der Waals surface area contributed by atoms with Crippen LogP contribution in [-0.2, 0) is 16.1 Å². The van der Waals surface area contributed by atoms with E-state index in [9.17, 15) is 9.59 Å². The number of rotatable bonds is 8. The van der Waals surface area contributed by atoms with Crippen LogP contribution in [0.5, 0.6) is 5.75 Å². The van der Waals surface area contributed by atoms with Crippen molar-refractivity contribution in [3.63, 3.8) is 0 Å². The highest BCUT2D eigenvalue weighted by molar-refractivity contribution is 7.13. The minimum absolute atomic E-state index is 0.00240. The predicted octanol–water partition coefficient (Wildman–Crippen LogP) is 4.53. The number of benzene rings is 2. The molecule has 2 aromatic carbocycles. The van der Waals surface area contributed by atoms with Crippen molar-refractivity contribution < 1.29 is 19.1 Å². The third-order valence-corrected chi connectivity index (χ3v) is 4.73. The number of hydrogen-bond donors (Lipinski definition) is 0. The summed E-state index contributed by atoms with van der Waals surface area (Å²) in [5, 5.41) is 2.79. The van der Waals surface area contributed by atoms with Crippen LogP contribution >= 0.6 is 11.3 Å². The Balaban J connectivity index is 1.41. The molecule has 0 spiro atoms. The summed E-state index contributed by atoms with van der Waals surface area (Å²) in [6.45, 7) is 1.87. The van der Waals surface area contributed by atoms with Crippen molar-refractivity contribution in [3.8, 4) is 16.3 Å². The summed E-state index contributed by atoms with van der Waals surface area (Å²) in [6.07, 6.45) is 0.143. The van der Waals surface area contributed by atoms with Gasteiger partial charge < -0.3 is 9.47 Å². The zero-order chi connectivity index (χ0) is 19.1. The minimum Gasteiger partial charge on any atom is -0.493 e. The van der Waals surface area contributed by atoms with Crippen LogP contribution < -0.4 is 4.74 Å². The van der Waals surface area contributed by atoms with Gasteiger partial charge in [-0.25, -0.2) is 4.98 Å². The van der Waals surface area contributed by atoms with E-state index in [1.54, 1.807) is 24.3 Å². The van der Waals surface area contributed by atoms with Gasteiger partial charge in [0, 0.05) is 16.5 Å². The summed E-state index contributed by atoms with van der Waals surface area (Å²) < 4.78 is 10.7. The van der Waals surface area contributed by atoms with E-state index < -0.39 is 0 Å². The van der Waals surface area contributed by atoms with E-state index in [2.05, 4.69) is 4.98 Å². The number of carbonyl (C=O) groups excluding carboxylic acids is 2. The molecule has 0 amide bonds. The van der Waals surface area contributed by atoms with E-state index in [4.69, 9.17) is 9.47 Å². The van der Waals surface area contributed by atoms with Gasteiger partial charge in [0.1, 0.15) is 17.4 Å². The van der Waals surface area contributed by atoms with Crippen LogP contribution in [-0.4, -0.2) is 23.3 Å². The Morgan fingerprint density at radius 2 is 1.78 bits per heavy atom. The average molecular weight is 381 g/mol. The molecule has 3 rings (SSSR count). The van der Waals surface area contributed by atoms with Gasteiger partial charge >= 0.3 is 5.97 Å². The van der Waals surface area contributed by atoms with Gasteiger partial charge in [0.2, 0.25) is 0 Å². The lowest BCUT2D eigenvalue weighted by Crippen LogP contribution is -2.10. The summed E-state index contributed by atoms with van der Waals surface area (Å²) >= 11 is 1.52. The zero-order valence-corrected chi connectivity index (χ0v) is 15.7. The molecule has 0 fully saturated rings. The van der Waals surface area contributed by atoms with Crippen LogP contribution in [0.4, 0.5) is 0 Å². The van der Waals surface area contributed by atoms with Gasteiger partial charge in [-0.3, -0.25) is 9.59 Å². The highest BCUT2D eigenvalue weighted by atomic mass is 32.1. The average Bonchev–Trinajstić information content (AvgIpc) is 3.16. The summed E-state index contributed by atoms with van der Waals surface area (Å²) in [7, 11) is 0. The monoisotopic (exact) mass is 381 g/mol. The Labute approximate surface area is 161 Å². The maximum Gasteiger partial charge on any atom is 0.309 e. The predicted molar refractivity (Wildman–Crippen MR) is 104 cm³/mol. The van der Waals surface area contributed by atoms with Crippen molar-refractivity contribution in [3.05, 3.63) is 71.2 Å². The fraction of sp³-hybridized carbons (Fsp3) is 0.190. The quantitative estimate of drug-likeness (QED) is 0.424. The lowest BCUT2D eigenvalue weighted by molar-refractivity contribution is -0.145. The fourth-order valence-electron chi connectivity index (χ4n) is 2.35. The van der Waals surface area contributed by atoms with Crippen molar-refractivity contribution in [1.29, 1.82) is 0 Å². The van der Waals surface area contributed by atoms with Crippen molar-refractivity contribution in [1.82, 2.24) is 4.98 Å². The molecule has 1 aromatic heterocycles. The van der Waals surface area contributed by atoms with Gasteiger partial charge in [0.15, 0.2) is 5.78 Å². The normalized spacial score (nSPS) is 10.4. The third kappa shape index (κ3) is 5.49. The second-order valence-electron chi connectivity index (χ2n) is 5.85. The first-order chi connectivity index (χ1) is 13.1. The third-order valence-electron chi connectivity index (χ3n) is 3.79. The second kappa shape index (κ2) is 9.09. The SMILES string of the molecule is CC(=O)c1ccc(OCCC(=O)OCc2csc(-c3ccccc3)n2)cc1. The molecule has 1 heterocycles. The molecule has 0 radical (unpaired) electrons. The summed E-state index contributed by atoms with van der Waals surface area (Å²) in [5.74, 6) is 0.270. The topological polar surface area (TPSA) is 65.5 Å². The first-order valence-corrected chi connectivity index (χ1v) is 9.39. The van der Waals surface area contributed by atoms with Crippen LogP contribution in [0.2, 0.25) is 0 Å². The Morgan fingerprint density at radius 3 is 2.48 bits per heavy atom. The zero-order valence-electron chi connectivity index (χ0n) is 14.9. The maximum absolute atomic E-state index is 11.9. The second-order valence-corrected chi connectivity index (χ2v) is 6.71. The van der Waals surface area contributed by atoms with Crippen LogP contribution in [0.1, 0.15) is 29.4 Å². The molecule has 0 aliphatic carbocycles. The van der Waals surface area contributed by atoms with E-state index >= 15 is 0 Å². The van der Waals surface area contributed by atoms with Crippen molar-refractivity contribution >= 4 is 23.1 Å². The van der Waals surface area contributed by atoms with Crippen molar-refractivity contribution in [2.75, 3.05) is 6.61 Å². The van der Waals surface area contributed by atoms with E-state index in [-0.39, 0.29) is 31.4 Å². The molecular formula is C21H19NO4S. The number of ether oxygens (including phenoxy) is 2. The van der Waals surface area contributed by atoms with Gasteiger partial charge in [0.05, 0.1) is 18.7 Å². The molecule has 0 aliphatic heterocycles. The lowest BCUT2D eigenvalue weighted by atomic mass is 10.1. The lowest BCUT2D eigenvalue weighted by Gasteiger charge is -2.06. The molecule has 27 heavy (non-hydrogen) atoms. The highest BCUT2D eigenvalue weighted by Crippen LogP contribution is 2.23. The molecular weight excluding hydrogens is 362 g/mol. The molecule has 0 unspecified atom stereocenters. The number of ketones is 1. The number of aromatic nitrogens is 1. The molecule has 0 saturated carbocycles. The van der Waals surface area contributed by atoms with E-state index in [1.165, 1.54) is 18.3 Å². The Bertz CT molecular complexity index is 903. The molecule has 138 valence electrons. The molecule has 0 N–H and O–H groups in total. The number of esters is 1. The van der Waals surface area contributed by atoms with Crippen molar-refractivity contribution in [2.24, 2.45) is 0 Å². The van der Waals surface area contributed by atoms with Gasteiger partial charge in [0.25, 0.3) is 0 Å². The van der Waals surface area contributed by atoms with Gasteiger partial charge in [-0.15, -0.1) is 11.3 Å². The van der Waals surface area contributed by atoms with E-state index in [0.717, 1.165) is 16.3 Å². The Morgan fingerprint density at radius 1 is 1.04 bits per heavy atom. The van der Waals surface area contributed by atoms with Gasteiger partial charge in [-0.1, -0.05) is 30.3 Å². The molecule has 5 nitrogen and oxygen atoms in total. The van der Waals surface area contributed by atoms with Crippen molar-refractivity contribution in [2.45, 2.75) is 20.0 Å². The summed E-state index contributed by atoms with van der Waals surface area (Å²) in [5.41, 5.74) is 2.40. The fourth-order valence-corrected chi connectivity index (χ4v) is 3.16. The molecule has 0 bridgehead atoms. The van der Waals surface area contributed by atoms with Crippen LogP contribution in [0.25, 0.3) is 10.6 Å². The molecule has 3 aromatic rings. The largest absolute Gasteiger partial charge is 0.493 e. The minimum atomic E-state index is -0.343. The number of Topliss-reactive ketones (excluding diaryl/α,β-unsaturated/α-hetero) is 1. The smallest absolute Gasteiger partial charge is 0.309 e. The van der Waals surface area contributed by atoms with E-state index in [1.807, 2.05) is 35.7 Å². The number of hydrogen-bond acceptors (Lipinski definition) is 6. The summed E-state index contributed by atoms with van der Waals surface area (Å²) in [6, 6.07) is 16.7. The summed E-state index contributed by atoms with van der Waals surface area (Å²) in [4.78, 5) is 27.6. The van der Waals surface area contributed by atoms with Gasteiger partial charge in [-0.05, 0) is 31.2 Å². The van der Waals surface area contributed by atoms with Crippen LogP contribution in [0.15, 0.2) is 60.0 Å².